The van der Waals surface area contributed by atoms with Crippen molar-refractivity contribution in [1.29, 1.82) is 0 Å². The summed E-state index contributed by atoms with van der Waals surface area (Å²) >= 11 is 9.52. The molecule has 0 aliphatic rings. The molecule has 5 nitrogen and oxygen atoms in total. The molecule has 1 N–H and O–H groups in total. The Morgan fingerprint density at radius 1 is 1.12 bits per heavy atom. The van der Waals surface area contributed by atoms with E-state index < -0.39 is 5.82 Å². The van der Waals surface area contributed by atoms with Gasteiger partial charge in [-0.15, -0.1) is 0 Å². The van der Waals surface area contributed by atoms with Crippen LogP contribution in [-0.4, -0.2) is 15.7 Å². The summed E-state index contributed by atoms with van der Waals surface area (Å²) in [7, 11) is 0. The molecule has 4 aromatic rings. The number of rotatable bonds is 7. The largest absolute Gasteiger partial charge is 0.489 e. The molecule has 0 atom stereocenters. The summed E-state index contributed by atoms with van der Waals surface area (Å²) in [6.45, 7) is 2.58. The minimum absolute atomic E-state index is 0.273. The van der Waals surface area contributed by atoms with Crippen LogP contribution in [0.5, 0.6) is 5.75 Å². The Balaban J connectivity index is 1.41. The molecule has 0 radical (unpaired) electrons. The van der Waals surface area contributed by atoms with Crippen LogP contribution in [0.25, 0.3) is 0 Å². The lowest BCUT2D eigenvalue weighted by Gasteiger charge is -2.08. The fourth-order valence-corrected chi connectivity index (χ4v) is 3.72. The number of carbonyl (C=O) groups is 1. The second-order valence-corrected chi connectivity index (χ2v) is 8.78. The maximum Gasteiger partial charge on any atom is 0.256 e. The van der Waals surface area contributed by atoms with Gasteiger partial charge in [0, 0.05) is 26.8 Å². The van der Waals surface area contributed by atoms with Crippen molar-refractivity contribution in [1.82, 2.24) is 9.78 Å². The number of ether oxygens (including phenoxy) is 1. The van der Waals surface area contributed by atoms with Gasteiger partial charge in [0.05, 0.1) is 6.54 Å². The van der Waals surface area contributed by atoms with Crippen LogP contribution in [0.1, 0.15) is 27.2 Å². The van der Waals surface area contributed by atoms with Crippen LogP contribution in [0.2, 0.25) is 5.02 Å². The second kappa shape index (κ2) is 10.2. The summed E-state index contributed by atoms with van der Waals surface area (Å²) in [5, 5.41) is 7.60. The third kappa shape index (κ3) is 6.00. The van der Waals surface area contributed by atoms with E-state index in [4.69, 9.17) is 16.3 Å². The van der Waals surface area contributed by atoms with Crippen molar-refractivity contribution < 1.29 is 13.9 Å². The third-order valence-corrected chi connectivity index (χ3v) is 5.85. The van der Waals surface area contributed by atoms with Crippen molar-refractivity contribution in [2.45, 2.75) is 20.1 Å². The van der Waals surface area contributed by atoms with Gasteiger partial charge in [-0.1, -0.05) is 45.7 Å². The third-order valence-electron chi connectivity index (χ3n) is 4.97. The molecule has 8 heteroatoms. The van der Waals surface area contributed by atoms with E-state index in [0.29, 0.717) is 29.6 Å². The number of benzene rings is 3. The number of hydrogen-bond donors (Lipinski definition) is 1. The molecule has 4 rings (SSSR count). The lowest BCUT2D eigenvalue weighted by Crippen LogP contribution is -2.13. The van der Waals surface area contributed by atoms with Gasteiger partial charge in [-0.25, -0.2) is 4.39 Å². The summed E-state index contributed by atoms with van der Waals surface area (Å²) in [6.07, 6.45) is 0. The molecule has 1 amide bonds. The predicted molar refractivity (Wildman–Crippen MR) is 130 cm³/mol. The highest BCUT2D eigenvalue weighted by Crippen LogP contribution is 2.21. The van der Waals surface area contributed by atoms with Crippen LogP contribution in [0.15, 0.2) is 77.3 Å². The summed E-state index contributed by atoms with van der Waals surface area (Å²) in [5.41, 5.74) is 2.95. The molecule has 3 aromatic carbocycles. The van der Waals surface area contributed by atoms with Crippen LogP contribution < -0.4 is 10.1 Å². The standard InChI is InChI=1S/C25H20BrClFN3O2/c1-16-11-24(30-31(16)14-19-5-8-21(28)13-23(19)27)29-25(32)18-4-2-3-17(12-18)15-33-22-9-6-20(26)7-10-22/h2-13H,14-15H2,1H3,(H,29,30,32). The average Bonchev–Trinajstić information content (AvgIpc) is 3.14. The topological polar surface area (TPSA) is 56.1 Å². The number of aromatic nitrogens is 2. The van der Waals surface area contributed by atoms with E-state index in [1.807, 2.05) is 43.3 Å². The summed E-state index contributed by atoms with van der Waals surface area (Å²) in [4.78, 5) is 12.8. The number of carbonyl (C=O) groups excluding carboxylic acids is 1. The quantitative estimate of drug-likeness (QED) is 0.293. The highest BCUT2D eigenvalue weighted by Gasteiger charge is 2.12. The van der Waals surface area contributed by atoms with Crippen molar-refractivity contribution in [3.63, 3.8) is 0 Å². The van der Waals surface area contributed by atoms with E-state index in [1.165, 1.54) is 12.1 Å². The van der Waals surface area contributed by atoms with Gasteiger partial charge >= 0.3 is 0 Å². The van der Waals surface area contributed by atoms with Gasteiger partial charge in [0.1, 0.15) is 18.2 Å². The monoisotopic (exact) mass is 527 g/mol. The maximum atomic E-state index is 13.3. The smallest absolute Gasteiger partial charge is 0.256 e. The Hall–Kier alpha value is -3.16. The summed E-state index contributed by atoms with van der Waals surface area (Å²) in [5.74, 6) is 0.505. The molecule has 1 aromatic heterocycles. The lowest BCUT2D eigenvalue weighted by atomic mass is 10.1. The number of amides is 1. The van der Waals surface area contributed by atoms with Gasteiger partial charge < -0.3 is 10.1 Å². The van der Waals surface area contributed by atoms with E-state index in [1.54, 1.807) is 28.9 Å². The highest BCUT2D eigenvalue weighted by atomic mass is 79.9. The zero-order chi connectivity index (χ0) is 23.4. The van der Waals surface area contributed by atoms with E-state index in [-0.39, 0.29) is 5.91 Å². The molecule has 0 aliphatic carbocycles. The molecule has 0 bridgehead atoms. The number of anilines is 1. The molecule has 0 saturated carbocycles. The van der Waals surface area contributed by atoms with Crippen LogP contribution in [0.4, 0.5) is 10.2 Å². The Labute approximate surface area is 204 Å². The minimum atomic E-state index is -0.390. The SMILES string of the molecule is Cc1cc(NC(=O)c2cccc(COc3ccc(Br)cc3)c2)nn1Cc1ccc(F)cc1Cl. The highest BCUT2D eigenvalue weighted by molar-refractivity contribution is 9.10. The predicted octanol–water partition coefficient (Wildman–Crippen LogP) is 6.63. The number of nitrogens with one attached hydrogen (secondary N) is 1. The van der Waals surface area contributed by atoms with E-state index >= 15 is 0 Å². The molecule has 0 fully saturated rings. The van der Waals surface area contributed by atoms with Gasteiger partial charge in [-0.2, -0.15) is 5.10 Å². The van der Waals surface area contributed by atoms with E-state index in [2.05, 4.69) is 26.3 Å². The van der Waals surface area contributed by atoms with Gasteiger partial charge in [0.15, 0.2) is 5.82 Å². The Bertz CT molecular complexity index is 1290. The Kier molecular flexibility index (Phi) is 7.11. The zero-order valence-corrected chi connectivity index (χ0v) is 20.0. The number of hydrogen-bond acceptors (Lipinski definition) is 3. The van der Waals surface area contributed by atoms with Crippen LogP contribution in [0, 0.1) is 12.7 Å². The molecule has 0 aliphatic heterocycles. The Morgan fingerprint density at radius 2 is 1.91 bits per heavy atom. The molecule has 1 heterocycles. The average molecular weight is 529 g/mol. The second-order valence-electron chi connectivity index (χ2n) is 7.46. The first-order valence-corrected chi connectivity index (χ1v) is 11.3. The van der Waals surface area contributed by atoms with E-state index in [9.17, 15) is 9.18 Å². The number of halogens is 3. The molecular formula is C25H20BrClFN3O2. The first-order valence-electron chi connectivity index (χ1n) is 10.1. The summed E-state index contributed by atoms with van der Waals surface area (Å²) in [6, 6.07) is 20.8. The molecule has 0 spiro atoms. The van der Waals surface area contributed by atoms with Crippen molar-refractivity contribution in [3.05, 3.63) is 110 Å². The minimum Gasteiger partial charge on any atom is -0.489 e. The molecule has 0 saturated heterocycles. The van der Waals surface area contributed by atoms with Crippen LogP contribution in [-0.2, 0) is 13.2 Å². The van der Waals surface area contributed by atoms with E-state index in [0.717, 1.165) is 27.0 Å². The molecular weight excluding hydrogens is 509 g/mol. The number of aryl methyl sites for hydroxylation is 1. The number of nitrogens with zero attached hydrogens (tertiary/aromatic N) is 2. The summed E-state index contributed by atoms with van der Waals surface area (Å²) < 4.78 is 21.8. The zero-order valence-electron chi connectivity index (χ0n) is 17.7. The first kappa shape index (κ1) is 23.0. The normalized spacial score (nSPS) is 10.8. The van der Waals surface area contributed by atoms with Gasteiger partial charge in [-0.05, 0) is 66.6 Å². The molecule has 0 unspecified atom stereocenters. The van der Waals surface area contributed by atoms with Crippen molar-refractivity contribution >= 4 is 39.3 Å². The van der Waals surface area contributed by atoms with Crippen molar-refractivity contribution in [2.24, 2.45) is 0 Å². The fourth-order valence-electron chi connectivity index (χ4n) is 3.23. The van der Waals surface area contributed by atoms with Gasteiger partial charge in [0.25, 0.3) is 5.91 Å². The van der Waals surface area contributed by atoms with Gasteiger partial charge in [-0.3, -0.25) is 9.48 Å². The first-order chi connectivity index (χ1) is 15.9. The molecule has 33 heavy (non-hydrogen) atoms. The van der Waals surface area contributed by atoms with Crippen molar-refractivity contribution in [2.75, 3.05) is 5.32 Å². The Morgan fingerprint density at radius 3 is 2.67 bits per heavy atom. The van der Waals surface area contributed by atoms with Crippen LogP contribution >= 0.6 is 27.5 Å². The van der Waals surface area contributed by atoms with Crippen LogP contribution in [0.3, 0.4) is 0 Å². The lowest BCUT2D eigenvalue weighted by molar-refractivity contribution is 0.102. The maximum absolute atomic E-state index is 13.3. The molecule has 168 valence electrons. The van der Waals surface area contributed by atoms with Gasteiger partial charge in [0.2, 0.25) is 0 Å². The van der Waals surface area contributed by atoms with Crippen molar-refractivity contribution in [3.8, 4) is 5.75 Å². The fraction of sp³-hybridized carbons (Fsp3) is 0.120.